The molecular formula is C12H12Br2N2S2. The van der Waals surface area contributed by atoms with Crippen LogP contribution in [0.1, 0.15) is 4.88 Å². The lowest BCUT2D eigenvalue weighted by molar-refractivity contribution is 0.740. The average molecular weight is 408 g/mol. The summed E-state index contributed by atoms with van der Waals surface area (Å²) >= 11 is 10.5. The zero-order valence-electron chi connectivity index (χ0n) is 9.53. The van der Waals surface area contributed by atoms with Gasteiger partial charge in [-0.25, -0.2) is 4.98 Å². The third kappa shape index (κ3) is 4.66. The number of pyridine rings is 1. The fourth-order valence-corrected chi connectivity index (χ4v) is 4.16. The van der Waals surface area contributed by atoms with E-state index in [1.54, 1.807) is 23.1 Å². The minimum Gasteiger partial charge on any atom is -0.311 e. The third-order valence-electron chi connectivity index (χ3n) is 2.16. The van der Waals surface area contributed by atoms with Gasteiger partial charge in [-0.1, -0.05) is 0 Å². The monoisotopic (exact) mass is 406 g/mol. The second kappa shape index (κ2) is 7.65. The molecule has 18 heavy (non-hydrogen) atoms. The lowest BCUT2D eigenvalue weighted by atomic mass is 10.4. The van der Waals surface area contributed by atoms with Crippen molar-refractivity contribution < 1.29 is 0 Å². The maximum Gasteiger partial charge on any atom is 0.110 e. The first-order chi connectivity index (χ1) is 8.75. The summed E-state index contributed by atoms with van der Waals surface area (Å²) in [6.45, 7) is 1.91. The van der Waals surface area contributed by atoms with Gasteiger partial charge in [0.1, 0.15) is 5.03 Å². The SMILES string of the molecule is Brc1csc(CNCCSc2ncccc2Br)c1. The van der Waals surface area contributed by atoms with Crippen LogP contribution in [-0.2, 0) is 6.54 Å². The summed E-state index contributed by atoms with van der Waals surface area (Å²) in [7, 11) is 0. The summed E-state index contributed by atoms with van der Waals surface area (Å²) in [6.07, 6.45) is 1.82. The molecule has 0 radical (unpaired) electrons. The van der Waals surface area contributed by atoms with Gasteiger partial charge < -0.3 is 5.32 Å². The van der Waals surface area contributed by atoms with Gasteiger partial charge in [0.2, 0.25) is 0 Å². The molecule has 2 aromatic rings. The molecule has 0 saturated heterocycles. The molecular weight excluding hydrogens is 396 g/mol. The average Bonchev–Trinajstić information content (AvgIpc) is 2.77. The predicted molar refractivity (Wildman–Crippen MR) is 86.4 cm³/mol. The first kappa shape index (κ1) is 14.5. The highest BCUT2D eigenvalue weighted by atomic mass is 79.9. The third-order valence-corrected chi connectivity index (χ3v) is 5.77. The van der Waals surface area contributed by atoms with Crippen molar-refractivity contribution in [1.82, 2.24) is 10.3 Å². The minimum absolute atomic E-state index is 0.931. The van der Waals surface area contributed by atoms with Crippen molar-refractivity contribution in [2.75, 3.05) is 12.3 Å². The second-order valence-electron chi connectivity index (χ2n) is 3.55. The molecule has 0 aliphatic heterocycles. The molecule has 2 rings (SSSR count). The number of thiophene rings is 1. The van der Waals surface area contributed by atoms with Crippen molar-refractivity contribution >= 4 is 55.0 Å². The summed E-state index contributed by atoms with van der Waals surface area (Å²) in [6, 6.07) is 6.10. The summed E-state index contributed by atoms with van der Waals surface area (Å²) in [5, 5.41) is 6.59. The molecule has 0 aromatic carbocycles. The molecule has 0 atom stereocenters. The molecule has 0 bridgehead atoms. The fourth-order valence-electron chi connectivity index (χ4n) is 1.36. The molecule has 2 heterocycles. The Morgan fingerprint density at radius 2 is 2.28 bits per heavy atom. The molecule has 1 N–H and O–H groups in total. The Morgan fingerprint density at radius 3 is 3.00 bits per heavy atom. The fraction of sp³-hybridized carbons (Fsp3) is 0.250. The van der Waals surface area contributed by atoms with Gasteiger partial charge in [-0.2, -0.15) is 0 Å². The minimum atomic E-state index is 0.931. The number of nitrogens with zero attached hydrogens (tertiary/aromatic N) is 1. The Kier molecular flexibility index (Phi) is 6.17. The largest absolute Gasteiger partial charge is 0.311 e. The van der Waals surface area contributed by atoms with Crippen LogP contribution in [0.2, 0.25) is 0 Å². The van der Waals surface area contributed by atoms with E-state index in [0.29, 0.717) is 0 Å². The molecule has 0 aliphatic rings. The van der Waals surface area contributed by atoms with Crippen molar-refractivity contribution in [3.05, 3.63) is 43.6 Å². The molecule has 0 aliphatic carbocycles. The quantitative estimate of drug-likeness (QED) is 0.561. The van der Waals surface area contributed by atoms with Gasteiger partial charge in [0, 0.05) is 44.2 Å². The van der Waals surface area contributed by atoms with Crippen LogP contribution < -0.4 is 5.32 Å². The van der Waals surface area contributed by atoms with Crippen LogP contribution in [0.5, 0.6) is 0 Å². The van der Waals surface area contributed by atoms with E-state index < -0.39 is 0 Å². The van der Waals surface area contributed by atoms with Crippen molar-refractivity contribution in [3.8, 4) is 0 Å². The van der Waals surface area contributed by atoms with Crippen LogP contribution in [0.15, 0.2) is 43.7 Å². The van der Waals surface area contributed by atoms with Gasteiger partial charge >= 0.3 is 0 Å². The number of aromatic nitrogens is 1. The van der Waals surface area contributed by atoms with Crippen molar-refractivity contribution in [1.29, 1.82) is 0 Å². The molecule has 0 amide bonds. The molecule has 0 saturated carbocycles. The smallest absolute Gasteiger partial charge is 0.110 e. The number of rotatable bonds is 6. The normalized spacial score (nSPS) is 10.8. The summed E-state index contributed by atoms with van der Waals surface area (Å²) in [5.74, 6) is 1.02. The number of nitrogens with one attached hydrogen (secondary N) is 1. The first-order valence-electron chi connectivity index (χ1n) is 5.42. The van der Waals surface area contributed by atoms with Crippen LogP contribution in [-0.4, -0.2) is 17.3 Å². The zero-order valence-corrected chi connectivity index (χ0v) is 14.3. The van der Waals surface area contributed by atoms with Crippen LogP contribution in [0.4, 0.5) is 0 Å². The Bertz CT molecular complexity index is 502. The van der Waals surface area contributed by atoms with E-state index >= 15 is 0 Å². The zero-order chi connectivity index (χ0) is 12.8. The highest BCUT2D eigenvalue weighted by Crippen LogP contribution is 2.24. The van der Waals surface area contributed by atoms with Gasteiger partial charge in [-0.3, -0.25) is 0 Å². The van der Waals surface area contributed by atoms with Crippen LogP contribution >= 0.6 is 55.0 Å². The van der Waals surface area contributed by atoms with Gasteiger partial charge in [-0.05, 0) is 50.1 Å². The van der Waals surface area contributed by atoms with Crippen LogP contribution in [0.25, 0.3) is 0 Å². The lowest BCUT2D eigenvalue weighted by Gasteiger charge is -2.04. The molecule has 0 spiro atoms. The second-order valence-corrected chi connectivity index (χ2v) is 7.40. The van der Waals surface area contributed by atoms with Crippen molar-refractivity contribution in [3.63, 3.8) is 0 Å². The number of thioether (sulfide) groups is 1. The summed E-state index contributed by atoms with van der Waals surface area (Å²) in [5.41, 5.74) is 0. The first-order valence-corrected chi connectivity index (χ1v) is 8.88. The van der Waals surface area contributed by atoms with Crippen LogP contribution in [0.3, 0.4) is 0 Å². The highest BCUT2D eigenvalue weighted by molar-refractivity contribution is 9.10. The Labute approximate surface area is 132 Å². The predicted octanol–water partition coefficient (Wildman–Crippen LogP) is 4.55. The molecule has 0 unspecified atom stereocenters. The van der Waals surface area contributed by atoms with Crippen molar-refractivity contribution in [2.45, 2.75) is 11.6 Å². The molecule has 96 valence electrons. The summed E-state index contributed by atoms with van der Waals surface area (Å²) in [4.78, 5) is 5.67. The maximum absolute atomic E-state index is 4.32. The van der Waals surface area contributed by atoms with E-state index in [1.165, 1.54) is 4.88 Å². The number of hydrogen-bond acceptors (Lipinski definition) is 4. The Hall–Kier alpha value is 0.120. The number of halogens is 2. The van der Waals surface area contributed by atoms with Gasteiger partial charge in [0.15, 0.2) is 0 Å². The Morgan fingerprint density at radius 1 is 1.39 bits per heavy atom. The standard InChI is InChI=1S/C12H12Br2N2S2/c13-9-6-10(18-8-9)7-15-4-5-17-12-11(14)2-1-3-16-12/h1-3,6,8,15H,4-5,7H2. The molecule has 2 nitrogen and oxygen atoms in total. The van der Waals surface area contributed by atoms with Crippen molar-refractivity contribution in [2.24, 2.45) is 0 Å². The Balaban J connectivity index is 1.66. The molecule has 2 aromatic heterocycles. The van der Waals surface area contributed by atoms with Gasteiger partial charge in [0.25, 0.3) is 0 Å². The van der Waals surface area contributed by atoms with Gasteiger partial charge in [0.05, 0.1) is 0 Å². The number of hydrogen-bond donors (Lipinski definition) is 1. The molecule has 6 heteroatoms. The van der Waals surface area contributed by atoms with Crippen LogP contribution in [0, 0.1) is 0 Å². The lowest BCUT2D eigenvalue weighted by Crippen LogP contribution is -2.15. The van der Waals surface area contributed by atoms with E-state index in [2.05, 4.69) is 53.6 Å². The topological polar surface area (TPSA) is 24.9 Å². The van der Waals surface area contributed by atoms with E-state index in [-0.39, 0.29) is 0 Å². The van der Waals surface area contributed by atoms with E-state index in [1.807, 2.05) is 18.3 Å². The van der Waals surface area contributed by atoms with Gasteiger partial charge in [-0.15, -0.1) is 23.1 Å². The van der Waals surface area contributed by atoms with E-state index in [9.17, 15) is 0 Å². The molecule has 0 fully saturated rings. The highest BCUT2D eigenvalue weighted by Gasteiger charge is 2.01. The van der Waals surface area contributed by atoms with E-state index in [4.69, 9.17) is 0 Å². The summed E-state index contributed by atoms with van der Waals surface area (Å²) < 4.78 is 2.23. The maximum atomic E-state index is 4.32. The van der Waals surface area contributed by atoms with E-state index in [0.717, 1.165) is 32.8 Å².